The molecule has 174 valence electrons. The van der Waals surface area contributed by atoms with E-state index in [0.29, 0.717) is 11.1 Å². The maximum absolute atomic E-state index is 10.2. The maximum atomic E-state index is 10.2. The normalized spacial score (nSPS) is 8.62. The molecule has 0 saturated heterocycles. The molecule has 15 heteroatoms. The largest absolute Gasteiger partial charge is 2.00 e. The molecule has 0 aliphatic carbocycles. The van der Waals surface area contributed by atoms with Crippen molar-refractivity contribution < 1.29 is 75.9 Å². The van der Waals surface area contributed by atoms with Crippen LogP contribution in [0.15, 0.2) is 60.7 Å². The first-order valence-electron chi connectivity index (χ1n) is 6.11. The molecule has 2 aromatic rings. The summed E-state index contributed by atoms with van der Waals surface area (Å²) >= 11 is 0. The molecule has 0 bridgehead atoms. The molecule has 0 amide bonds. The summed E-state index contributed by atoms with van der Waals surface area (Å²) in [5.74, 6) is -0.846. The van der Waals surface area contributed by atoms with Crippen LogP contribution >= 0.6 is 0 Å². The molecule has 0 atom stereocenters. The molecular weight excluding hydrogens is 480 g/mol. The molecule has 0 heterocycles. The van der Waals surface area contributed by atoms with Crippen molar-refractivity contribution in [3.05, 3.63) is 71.8 Å². The van der Waals surface area contributed by atoms with Gasteiger partial charge in [-0.3, -0.25) is 0 Å². The summed E-state index contributed by atoms with van der Waals surface area (Å²) in [5.41, 5.74) is 1.06. The second kappa shape index (κ2) is 21.3. The zero-order valence-electron chi connectivity index (χ0n) is 14.8. The molecule has 0 unspecified atom stereocenters. The van der Waals surface area contributed by atoms with Gasteiger partial charge in [-0.1, -0.05) is 60.7 Å². The van der Waals surface area contributed by atoms with Gasteiger partial charge < -0.3 is 42.0 Å². The topological polar surface area (TPSA) is 303 Å². The molecule has 2 aromatic carbocycles. The summed E-state index contributed by atoms with van der Waals surface area (Å²) in [6.07, 6.45) is 0. The van der Waals surface area contributed by atoms with Crippen molar-refractivity contribution in [3.8, 4) is 0 Å². The zero-order chi connectivity index (χ0) is 16.6. The van der Waals surface area contributed by atoms with Crippen molar-refractivity contribution >= 4 is 20.2 Å². The second-order valence-corrected chi connectivity index (χ2v) is 7.18. The third-order valence-corrected chi connectivity index (χ3v) is 3.75. The van der Waals surface area contributed by atoms with E-state index < -0.39 is 31.7 Å². The van der Waals surface area contributed by atoms with E-state index in [1.54, 1.807) is 60.7 Å². The Kier molecular flexibility index (Phi) is 33.7. The second-order valence-electron chi connectivity index (χ2n) is 4.38. The van der Waals surface area contributed by atoms with Crippen molar-refractivity contribution in [2.45, 2.75) is 11.5 Å². The van der Waals surface area contributed by atoms with Crippen molar-refractivity contribution in [1.82, 2.24) is 0 Å². The molecule has 0 saturated carbocycles. The Hall–Kier alpha value is -1.46. The van der Waals surface area contributed by atoms with Gasteiger partial charge in [0.05, 0.1) is 31.7 Å². The van der Waals surface area contributed by atoms with Gasteiger partial charge in [-0.2, -0.15) is 0 Å². The van der Waals surface area contributed by atoms with Crippen LogP contribution in [0, 0.1) is 0 Å². The molecule has 0 fully saturated rings. The van der Waals surface area contributed by atoms with Crippen LogP contribution in [0.1, 0.15) is 11.1 Å². The molecule has 0 aliphatic heterocycles. The Balaban J connectivity index is -0.0000000538. The summed E-state index contributed by atoms with van der Waals surface area (Å²) in [4.78, 5) is 0. The van der Waals surface area contributed by atoms with E-state index in [9.17, 15) is 25.9 Å². The summed E-state index contributed by atoms with van der Waals surface area (Å²) < 4.78 is 61.5. The molecule has 29 heavy (non-hydrogen) atoms. The molecule has 12 nitrogen and oxygen atoms in total. The van der Waals surface area contributed by atoms with E-state index in [2.05, 4.69) is 0 Å². The van der Waals surface area contributed by atoms with E-state index in [-0.39, 0.29) is 49.9 Å². The SMILES string of the molecule is O.O.O.O.O.O.O=S(=O)([O-])Cc1ccccc1.O=S(=O)([O-])Cc1ccccc1.[Fe+2]. The van der Waals surface area contributed by atoms with Crippen molar-refractivity contribution in [2.75, 3.05) is 0 Å². The Labute approximate surface area is 179 Å². The first-order chi connectivity index (χ1) is 10.2. The van der Waals surface area contributed by atoms with Crippen LogP contribution in [0.3, 0.4) is 0 Å². The summed E-state index contributed by atoms with van der Waals surface area (Å²) in [5, 5.41) is 0. The quantitative estimate of drug-likeness (QED) is 0.299. The fourth-order valence-electron chi connectivity index (χ4n) is 1.56. The fourth-order valence-corrected chi connectivity index (χ4v) is 2.76. The number of benzene rings is 2. The minimum absolute atomic E-state index is 0. The van der Waals surface area contributed by atoms with Crippen LogP contribution in [-0.2, 0) is 48.8 Å². The number of hydrogen-bond donors (Lipinski definition) is 0. The minimum atomic E-state index is -4.13. The van der Waals surface area contributed by atoms with Crippen molar-refractivity contribution in [3.63, 3.8) is 0 Å². The van der Waals surface area contributed by atoms with E-state index in [4.69, 9.17) is 0 Å². The van der Waals surface area contributed by atoms with Gasteiger partial charge in [-0.05, 0) is 11.1 Å². The Morgan fingerprint density at radius 1 is 0.517 bits per heavy atom. The fraction of sp³-hybridized carbons (Fsp3) is 0.143. The van der Waals surface area contributed by atoms with Gasteiger partial charge in [0.2, 0.25) is 0 Å². The monoisotopic (exact) mass is 506 g/mol. The average Bonchev–Trinajstić information content (AvgIpc) is 2.38. The van der Waals surface area contributed by atoms with Gasteiger partial charge in [0.25, 0.3) is 0 Å². The maximum Gasteiger partial charge on any atom is 2.00 e. The molecule has 12 N–H and O–H groups in total. The van der Waals surface area contributed by atoms with Gasteiger partial charge in [-0.15, -0.1) is 0 Å². The van der Waals surface area contributed by atoms with Gasteiger partial charge in [-0.25, -0.2) is 16.8 Å². The Morgan fingerprint density at radius 2 is 0.724 bits per heavy atom. The third-order valence-electron chi connectivity index (χ3n) is 2.37. The minimum Gasteiger partial charge on any atom is -0.748 e. The molecular formula is C14H26FeO12S2. The predicted octanol–water partition coefficient (Wildman–Crippen LogP) is -3.49. The smallest absolute Gasteiger partial charge is 0.748 e. The third kappa shape index (κ3) is 26.5. The number of rotatable bonds is 4. The standard InChI is InChI=1S/2C7H8O3S.Fe.6H2O/c2*8-11(9,10)6-7-4-2-1-3-5-7;;;;;;;/h2*1-5H,6H2,(H,8,9,10);;6*1H2/q;;+2;;;;;;/p-2. The van der Waals surface area contributed by atoms with Gasteiger partial charge in [0.1, 0.15) is 0 Å². The molecule has 0 aliphatic rings. The van der Waals surface area contributed by atoms with Gasteiger partial charge >= 0.3 is 17.1 Å². The summed E-state index contributed by atoms with van der Waals surface area (Å²) in [7, 11) is -8.25. The van der Waals surface area contributed by atoms with Crippen molar-refractivity contribution in [2.24, 2.45) is 0 Å². The zero-order valence-corrected chi connectivity index (χ0v) is 17.5. The van der Waals surface area contributed by atoms with Gasteiger partial charge in [0.15, 0.2) is 0 Å². The van der Waals surface area contributed by atoms with Crippen LogP contribution in [0.5, 0.6) is 0 Å². The van der Waals surface area contributed by atoms with Gasteiger partial charge in [0, 0.05) is 0 Å². The first-order valence-corrected chi connectivity index (χ1v) is 9.26. The van der Waals surface area contributed by atoms with Crippen LogP contribution in [-0.4, -0.2) is 58.8 Å². The van der Waals surface area contributed by atoms with Crippen LogP contribution < -0.4 is 0 Å². The number of hydrogen-bond acceptors (Lipinski definition) is 6. The van der Waals surface area contributed by atoms with E-state index in [1.165, 1.54) is 0 Å². The summed E-state index contributed by atoms with van der Waals surface area (Å²) in [6.45, 7) is 0. The van der Waals surface area contributed by atoms with E-state index >= 15 is 0 Å². The van der Waals surface area contributed by atoms with Crippen LogP contribution in [0.4, 0.5) is 0 Å². The molecule has 0 aromatic heterocycles. The Bertz CT molecular complexity index is 714. The van der Waals surface area contributed by atoms with E-state index in [1.807, 2.05) is 0 Å². The first kappa shape index (κ1) is 46.0. The molecule has 0 radical (unpaired) electrons. The van der Waals surface area contributed by atoms with Crippen LogP contribution in [0.25, 0.3) is 0 Å². The summed E-state index contributed by atoms with van der Waals surface area (Å²) in [6, 6.07) is 16.7. The van der Waals surface area contributed by atoms with Crippen LogP contribution in [0.2, 0.25) is 0 Å². The van der Waals surface area contributed by atoms with E-state index in [0.717, 1.165) is 0 Å². The molecule has 2 rings (SSSR count). The predicted molar refractivity (Wildman–Crippen MR) is 101 cm³/mol. The average molecular weight is 506 g/mol. The van der Waals surface area contributed by atoms with Crippen molar-refractivity contribution in [1.29, 1.82) is 0 Å². The Morgan fingerprint density at radius 3 is 0.897 bits per heavy atom. The molecule has 0 spiro atoms.